The number of nitrogens with one attached hydrogen (secondary N) is 1. The number of fused-ring (bicyclic) bond motifs is 1. The number of carboxylic acid groups (broad SMARTS) is 1. The van der Waals surface area contributed by atoms with Crippen molar-refractivity contribution in [3.8, 4) is 0 Å². The molecule has 0 radical (unpaired) electrons. The summed E-state index contributed by atoms with van der Waals surface area (Å²) in [6.07, 6.45) is 3.05. The van der Waals surface area contributed by atoms with Crippen LogP contribution in [0.4, 0.5) is 0 Å². The fourth-order valence-electron chi connectivity index (χ4n) is 3.16. The van der Waals surface area contributed by atoms with Gasteiger partial charge in [-0.3, -0.25) is 19.2 Å². The van der Waals surface area contributed by atoms with E-state index in [2.05, 4.69) is 20.6 Å². The predicted molar refractivity (Wildman–Crippen MR) is 112 cm³/mol. The van der Waals surface area contributed by atoms with Crippen molar-refractivity contribution in [1.29, 1.82) is 0 Å². The second kappa shape index (κ2) is 8.40. The van der Waals surface area contributed by atoms with Crippen LogP contribution >= 0.6 is 34.9 Å². The number of carbonyl (C=O) groups excluding carboxylic acids is 2. The highest BCUT2D eigenvalue weighted by Gasteiger charge is 2.54. The Labute approximate surface area is 184 Å². The lowest BCUT2D eigenvalue weighted by Gasteiger charge is -2.49. The van der Waals surface area contributed by atoms with Crippen LogP contribution in [0.2, 0.25) is 0 Å². The Kier molecular flexibility index (Phi) is 5.84. The van der Waals surface area contributed by atoms with Crippen molar-refractivity contribution in [2.45, 2.75) is 36.1 Å². The molecule has 0 aliphatic carbocycles. The molecule has 2 N–H and O–H groups in total. The molecule has 2 atom stereocenters. The Morgan fingerprint density at radius 1 is 1.40 bits per heavy atom. The molecule has 2 amide bonds. The summed E-state index contributed by atoms with van der Waals surface area (Å²) >= 11 is 4.29. The molecule has 0 saturated carbocycles. The number of aromatic nitrogens is 4. The van der Waals surface area contributed by atoms with E-state index < -0.39 is 29.2 Å². The number of rotatable bonds is 7. The third kappa shape index (κ3) is 3.84. The average molecular weight is 467 g/mol. The number of hydrogen-bond acceptors (Lipinski definition) is 9. The molecule has 158 valence electrons. The maximum atomic E-state index is 12.7. The van der Waals surface area contributed by atoms with E-state index in [4.69, 9.17) is 0 Å². The van der Waals surface area contributed by atoms with Crippen LogP contribution in [0.25, 0.3) is 0 Å². The highest BCUT2D eigenvalue weighted by atomic mass is 32.2. The molecule has 2 unspecified atom stereocenters. The van der Waals surface area contributed by atoms with E-state index in [9.17, 15) is 19.5 Å². The maximum Gasteiger partial charge on any atom is 0.352 e. The summed E-state index contributed by atoms with van der Waals surface area (Å²) in [5.41, 5.74) is 1.02. The Morgan fingerprint density at radius 2 is 2.20 bits per heavy atom. The average Bonchev–Trinajstić information content (AvgIpc) is 3.38. The molecule has 0 bridgehead atoms. The van der Waals surface area contributed by atoms with E-state index in [0.717, 1.165) is 9.35 Å². The molecule has 2 aliphatic heterocycles. The van der Waals surface area contributed by atoms with Gasteiger partial charge in [0.25, 0.3) is 11.8 Å². The molecule has 1 saturated heterocycles. The zero-order valence-electron chi connectivity index (χ0n) is 16.1. The second-order valence-corrected chi connectivity index (χ2v) is 10.1. The number of nitrogens with zero attached hydrogens (tertiary/aromatic N) is 5. The third-order valence-electron chi connectivity index (χ3n) is 4.63. The van der Waals surface area contributed by atoms with Crippen LogP contribution in [0.3, 0.4) is 0 Å². The summed E-state index contributed by atoms with van der Waals surface area (Å²) in [5.74, 6) is -1.10. The summed E-state index contributed by atoms with van der Waals surface area (Å²) in [4.78, 5) is 38.3. The number of carbonyl (C=O) groups is 3. The van der Waals surface area contributed by atoms with Gasteiger partial charge in [0.15, 0.2) is 4.34 Å². The topological polar surface area (TPSA) is 130 Å². The van der Waals surface area contributed by atoms with Crippen LogP contribution in [0.5, 0.6) is 0 Å². The fraction of sp³-hybridized carbons (Fsp3) is 0.412. The molecule has 2 aromatic rings. The Hall–Kier alpha value is -2.38. The molecular weight excluding hydrogens is 448 g/mol. The van der Waals surface area contributed by atoms with E-state index in [-0.39, 0.29) is 5.70 Å². The van der Waals surface area contributed by atoms with Crippen LogP contribution in [-0.4, -0.2) is 70.7 Å². The van der Waals surface area contributed by atoms with E-state index in [1.807, 2.05) is 13.8 Å². The minimum absolute atomic E-state index is 0.00166. The van der Waals surface area contributed by atoms with Crippen LogP contribution < -0.4 is 5.32 Å². The molecule has 10 nitrogen and oxygen atoms in total. The van der Waals surface area contributed by atoms with Crippen molar-refractivity contribution in [1.82, 2.24) is 30.2 Å². The van der Waals surface area contributed by atoms with Gasteiger partial charge in [-0.05, 0) is 19.4 Å². The summed E-state index contributed by atoms with van der Waals surface area (Å²) in [5, 5.41) is 24.9. The number of aryl methyl sites for hydroxylation is 2. The van der Waals surface area contributed by atoms with E-state index in [0.29, 0.717) is 29.2 Å². The lowest BCUT2D eigenvalue weighted by molar-refractivity contribution is -0.148. The van der Waals surface area contributed by atoms with Crippen molar-refractivity contribution < 1.29 is 19.5 Å². The smallest absolute Gasteiger partial charge is 0.352 e. The summed E-state index contributed by atoms with van der Waals surface area (Å²) in [6.45, 7) is 4.39. The molecule has 1 fully saturated rings. The summed E-state index contributed by atoms with van der Waals surface area (Å²) in [6, 6.07) is -0.762. The van der Waals surface area contributed by atoms with Gasteiger partial charge in [-0.25, -0.2) is 4.79 Å². The van der Waals surface area contributed by atoms with Crippen molar-refractivity contribution in [3.63, 3.8) is 0 Å². The van der Waals surface area contributed by atoms with Crippen LogP contribution in [0.1, 0.15) is 22.3 Å². The molecule has 30 heavy (non-hydrogen) atoms. The van der Waals surface area contributed by atoms with Crippen molar-refractivity contribution in [2.75, 3.05) is 11.5 Å². The fourth-order valence-corrected chi connectivity index (χ4v) is 6.46. The van der Waals surface area contributed by atoms with Crippen molar-refractivity contribution in [2.24, 2.45) is 0 Å². The van der Waals surface area contributed by atoms with Gasteiger partial charge in [-0.15, -0.1) is 22.0 Å². The lowest BCUT2D eigenvalue weighted by Crippen LogP contribution is -2.70. The number of amides is 2. The first-order chi connectivity index (χ1) is 14.4. The second-order valence-electron chi connectivity index (χ2n) is 6.58. The molecule has 2 aliphatic rings. The molecule has 0 aromatic carbocycles. The highest BCUT2D eigenvalue weighted by molar-refractivity contribution is 8.01. The standard InChI is InChI=1S/C17H18N6O4S3/c1-3-22-5-9(4-18-22)13(24)19-11-14(25)23-12(16(26)27)10(6-28-15(11)23)7-29-17-21-20-8(2)30-17/h4-5,11,15H,3,6-7H2,1-2H3,(H,19,24)(H,26,27). The molecule has 2 aromatic heterocycles. The first kappa shape index (κ1) is 20.9. The maximum absolute atomic E-state index is 12.7. The lowest BCUT2D eigenvalue weighted by atomic mass is 10.0. The minimum atomic E-state index is -1.15. The first-order valence-corrected chi connectivity index (χ1v) is 11.9. The molecule has 0 spiro atoms. The van der Waals surface area contributed by atoms with Gasteiger partial charge in [-0.1, -0.05) is 23.1 Å². The van der Waals surface area contributed by atoms with Crippen LogP contribution in [-0.2, 0) is 16.1 Å². The normalized spacial score (nSPS) is 20.7. The number of hydrogen-bond donors (Lipinski definition) is 2. The Bertz CT molecular complexity index is 1050. The van der Waals surface area contributed by atoms with Gasteiger partial charge in [0, 0.05) is 24.2 Å². The summed E-state index contributed by atoms with van der Waals surface area (Å²) < 4.78 is 2.37. The first-order valence-electron chi connectivity index (χ1n) is 9.05. The van der Waals surface area contributed by atoms with Gasteiger partial charge >= 0.3 is 5.97 Å². The number of aliphatic carboxylic acids is 1. The molecule has 4 heterocycles. The number of carboxylic acids is 1. The highest BCUT2D eigenvalue weighted by Crippen LogP contribution is 2.41. The van der Waals surface area contributed by atoms with Crippen LogP contribution in [0.15, 0.2) is 28.0 Å². The number of β-lactam (4-membered cyclic amide) rings is 1. The zero-order valence-corrected chi connectivity index (χ0v) is 18.5. The zero-order chi connectivity index (χ0) is 21.4. The third-order valence-corrected chi connectivity index (χ3v) is 8.03. The van der Waals surface area contributed by atoms with Gasteiger partial charge in [0.2, 0.25) is 0 Å². The van der Waals surface area contributed by atoms with Crippen LogP contribution in [0, 0.1) is 6.92 Å². The van der Waals surface area contributed by atoms with E-state index >= 15 is 0 Å². The Balaban J connectivity index is 1.47. The van der Waals surface area contributed by atoms with E-state index in [1.165, 1.54) is 46.0 Å². The molecule has 4 rings (SSSR count). The molecular formula is C17H18N6O4S3. The minimum Gasteiger partial charge on any atom is -0.477 e. The predicted octanol–water partition coefficient (Wildman–Crippen LogP) is 1.21. The quantitative estimate of drug-likeness (QED) is 0.457. The number of thioether (sulfide) groups is 2. The van der Waals surface area contributed by atoms with Gasteiger partial charge in [0.1, 0.15) is 22.1 Å². The van der Waals surface area contributed by atoms with E-state index in [1.54, 1.807) is 10.9 Å². The largest absolute Gasteiger partial charge is 0.477 e. The van der Waals surface area contributed by atoms with Gasteiger partial charge in [0.05, 0.1) is 11.8 Å². The Morgan fingerprint density at radius 3 is 2.83 bits per heavy atom. The SMILES string of the molecule is CCn1cc(C(=O)NC2C(=O)N3C(C(=O)O)=C(CSc4nnc(C)s4)CSC23)cn1. The molecule has 13 heteroatoms. The van der Waals surface area contributed by atoms with Crippen molar-refractivity contribution >= 4 is 52.6 Å². The van der Waals surface area contributed by atoms with Gasteiger partial charge < -0.3 is 10.4 Å². The monoisotopic (exact) mass is 466 g/mol. The van der Waals surface area contributed by atoms with Gasteiger partial charge in [-0.2, -0.15) is 5.10 Å². The van der Waals surface area contributed by atoms with Crippen molar-refractivity contribution in [3.05, 3.63) is 34.2 Å². The summed E-state index contributed by atoms with van der Waals surface area (Å²) in [7, 11) is 0.